The van der Waals surface area contributed by atoms with Crippen molar-refractivity contribution < 1.29 is 18.8 Å². The van der Waals surface area contributed by atoms with Crippen LogP contribution in [0.3, 0.4) is 0 Å². The van der Waals surface area contributed by atoms with E-state index in [4.69, 9.17) is 4.74 Å². The molecule has 0 saturated heterocycles. The molecule has 0 atom stereocenters. The minimum Gasteiger partial charge on any atom is -0.493 e. The molecule has 0 aliphatic rings. The zero-order chi connectivity index (χ0) is 13.5. The maximum Gasteiger partial charge on any atom is 0.305 e. The minimum absolute atomic E-state index is 0.0864. The molecule has 0 spiro atoms. The van der Waals surface area contributed by atoms with E-state index in [9.17, 15) is 19.3 Å². The molecule has 0 fully saturated rings. The van der Waals surface area contributed by atoms with Crippen LogP contribution in [0.15, 0.2) is 18.2 Å². The Morgan fingerprint density at radius 2 is 2.28 bits per heavy atom. The van der Waals surface area contributed by atoms with Crippen LogP contribution in [0, 0.1) is 15.9 Å². The lowest BCUT2D eigenvalue weighted by atomic mass is 10.3. The summed E-state index contributed by atoms with van der Waals surface area (Å²) in [6.07, 6.45) is 0.145. The summed E-state index contributed by atoms with van der Waals surface area (Å²) in [5, 5.41) is 13.0. The van der Waals surface area contributed by atoms with Crippen molar-refractivity contribution in [3.05, 3.63) is 34.1 Å². The molecule has 0 aliphatic heterocycles. The zero-order valence-electron chi connectivity index (χ0n) is 9.81. The van der Waals surface area contributed by atoms with Crippen molar-refractivity contribution >= 4 is 11.6 Å². The number of ether oxygens (including phenoxy) is 1. The average molecular weight is 256 g/mol. The number of carbonyl (C=O) groups is 1. The second-order valence-corrected chi connectivity index (χ2v) is 3.42. The van der Waals surface area contributed by atoms with E-state index in [2.05, 4.69) is 5.32 Å². The number of benzene rings is 1. The highest BCUT2D eigenvalue weighted by molar-refractivity contribution is 5.75. The van der Waals surface area contributed by atoms with Crippen molar-refractivity contribution in [2.24, 2.45) is 0 Å². The second-order valence-electron chi connectivity index (χ2n) is 3.42. The monoisotopic (exact) mass is 256 g/mol. The first-order valence-corrected chi connectivity index (χ1v) is 5.38. The van der Waals surface area contributed by atoms with E-state index in [1.54, 1.807) is 6.92 Å². The third-order valence-corrected chi connectivity index (χ3v) is 2.09. The molecule has 7 heteroatoms. The van der Waals surface area contributed by atoms with Crippen molar-refractivity contribution in [3.8, 4) is 5.75 Å². The van der Waals surface area contributed by atoms with E-state index >= 15 is 0 Å². The highest BCUT2D eigenvalue weighted by atomic mass is 19.1. The Kier molecular flexibility index (Phi) is 5.04. The van der Waals surface area contributed by atoms with E-state index < -0.39 is 16.4 Å². The van der Waals surface area contributed by atoms with Gasteiger partial charge in [0, 0.05) is 18.7 Å². The fourth-order valence-corrected chi connectivity index (χ4v) is 1.27. The largest absolute Gasteiger partial charge is 0.493 e. The highest BCUT2D eigenvalue weighted by Gasteiger charge is 2.14. The van der Waals surface area contributed by atoms with Gasteiger partial charge in [-0.15, -0.1) is 0 Å². The number of hydrogen-bond donors (Lipinski definition) is 1. The van der Waals surface area contributed by atoms with Gasteiger partial charge in [-0.05, 0) is 13.0 Å². The Balaban J connectivity index is 2.51. The molecular formula is C11H13FN2O4. The van der Waals surface area contributed by atoms with Gasteiger partial charge in [-0.2, -0.15) is 4.39 Å². The standard InChI is InChI=1S/C11H13FN2O4/c1-2-13-11(15)5-6-18-8-3-4-10(14(16)17)9(12)7-8/h3-4,7H,2,5-6H2,1H3,(H,13,15). The van der Waals surface area contributed by atoms with Gasteiger partial charge in [-0.1, -0.05) is 0 Å². The lowest BCUT2D eigenvalue weighted by Gasteiger charge is -2.06. The number of amides is 1. The number of rotatable bonds is 6. The number of nitrogens with one attached hydrogen (secondary N) is 1. The van der Waals surface area contributed by atoms with Gasteiger partial charge in [0.1, 0.15) is 5.75 Å². The van der Waals surface area contributed by atoms with Crippen molar-refractivity contribution in [2.75, 3.05) is 13.2 Å². The SMILES string of the molecule is CCNC(=O)CCOc1ccc([N+](=O)[O-])c(F)c1. The van der Waals surface area contributed by atoms with Gasteiger partial charge in [-0.3, -0.25) is 14.9 Å². The Morgan fingerprint density at radius 3 is 2.83 bits per heavy atom. The average Bonchev–Trinajstić information content (AvgIpc) is 2.29. The lowest BCUT2D eigenvalue weighted by Crippen LogP contribution is -2.24. The molecule has 0 aromatic heterocycles. The molecule has 1 rings (SSSR count). The fraction of sp³-hybridized carbons (Fsp3) is 0.364. The third kappa shape index (κ3) is 4.00. The molecule has 1 amide bonds. The number of hydrogen-bond acceptors (Lipinski definition) is 4. The van der Waals surface area contributed by atoms with Crippen molar-refractivity contribution in [1.82, 2.24) is 5.32 Å². The van der Waals surface area contributed by atoms with E-state index in [-0.39, 0.29) is 24.7 Å². The Hall–Kier alpha value is -2.18. The summed E-state index contributed by atoms with van der Waals surface area (Å²) in [5.41, 5.74) is -0.605. The molecule has 1 aromatic rings. The third-order valence-electron chi connectivity index (χ3n) is 2.09. The van der Waals surface area contributed by atoms with Crippen LogP contribution >= 0.6 is 0 Å². The maximum atomic E-state index is 13.2. The van der Waals surface area contributed by atoms with Crippen LogP contribution in [0.5, 0.6) is 5.75 Å². The molecule has 6 nitrogen and oxygen atoms in total. The summed E-state index contributed by atoms with van der Waals surface area (Å²) in [6, 6.07) is 3.24. The Bertz CT molecular complexity index is 451. The van der Waals surface area contributed by atoms with Gasteiger partial charge < -0.3 is 10.1 Å². The second kappa shape index (κ2) is 6.53. The van der Waals surface area contributed by atoms with Crippen LogP contribution < -0.4 is 10.1 Å². The number of carbonyl (C=O) groups excluding carboxylic acids is 1. The topological polar surface area (TPSA) is 81.5 Å². The zero-order valence-corrected chi connectivity index (χ0v) is 9.81. The summed E-state index contributed by atoms with van der Waals surface area (Å²) < 4.78 is 18.3. The highest BCUT2D eigenvalue weighted by Crippen LogP contribution is 2.22. The van der Waals surface area contributed by atoms with Crippen LogP contribution in [-0.4, -0.2) is 24.0 Å². The molecule has 0 unspecified atom stereocenters. The number of halogens is 1. The van der Waals surface area contributed by atoms with Crippen LogP contribution in [0.25, 0.3) is 0 Å². The fourth-order valence-electron chi connectivity index (χ4n) is 1.27. The van der Waals surface area contributed by atoms with Gasteiger partial charge >= 0.3 is 5.69 Å². The number of nitrogens with zero attached hydrogens (tertiary/aromatic N) is 1. The first kappa shape index (κ1) is 13.9. The minimum atomic E-state index is -0.962. The molecule has 0 bridgehead atoms. The predicted octanol–water partition coefficient (Wildman–Crippen LogP) is 1.64. The molecule has 18 heavy (non-hydrogen) atoms. The molecule has 1 aromatic carbocycles. The number of nitro groups is 1. The summed E-state index contributed by atoms with van der Waals surface area (Å²) >= 11 is 0. The van der Waals surface area contributed by atoms with Gasteiger partial charge in [-0.25, -0.2) is 0 Å². The van der Waals surface area contributed by atoms with Gasteiger partial charge in [0.15, 0.2) is 0 Å². The number of nitro benzene ring substituents is 1. The summed E-state index contributed by atoms with van der Waals surface area (Å²) in [6.45, 7) is 2.42. The maximum absolute atomic E-state index is 13.2. The van der Waals surface area contributed by atoms with Crippen molar-refractivity contribution in [2.45, 2.75) is 13.3 Å². The quantitative estimate of drug-likeness (QED) is 0.619. The summed E-state index contributed by atoms with van der Waals surface area (Å²) in [7, 11) is 0. The summed E-state index contributed by atoms with van der Waals surface area (Å²) in [5.74, 6) is -0.974. The molecule has 0 saturated carbocycles. The van der Waals surface area contributed by atoms with Crippen molar-refractivity contribution in [3.63, 3.8) is 0 Å². The Morgan fingerprint density at radius 1 is 1.56 bits per heavy atom. The molecule has 98 valence electrons. The summed E-state index contributed by atoms with van der Waals surface area (Å²) in [4.78, 5) is 20.7. The molecule has 1 N–H and O–H groups in total. The van der Waals surface area contributed by atoms with Gasteiger partial charge in [0.05, 0.1) is 18.0 Å². The van der Waals surface area contributed by atoms with Crippen molar-refractivity contribution in [1.29, 1.82) is 0 Å². The first-order chi connectivity index (χ1) is 8.54. The Labute approximate surface area is 103 Å². The lowest BCUT2D eigenvalue weighted by molar-refractivity contribution is -0.387. The van der Waals surface area contributed by atoms with E-state index in [0.29, 0.717) is 6.54 Å². The molecule has 0 radical (unpaired) electrons. The van der Waals surface area contributed by atoms with Gasteiger partial charge in [0.25, 0.3) is 0 Å². The molecular weight excluding hydrogens is 243 g/mol. The van der Waals surface area contributed by atoms with Crippen LogP contribution in [0.1, 0.15) is 13.3 Å². The van der Waals surface area contributed by atoms with E-state index in [0.717, 1.165) is 12.1 Å². The van der Waals surface area contributed by atoms with Crippen LogP contribution in [-0.2, 0) is 4.79 Å². The normalized spacial score (nSPS) is 9.89. The van der Waals surface area contributed by atoms with E-state index in [1.165, 1.54) is 6.07 Å². The van der Waals surface area contributed by atoms with E-state index in [1.807, 2.05) is 0 Å². The molecule has 0 aliphatic carbocycles. The smallest absolute Gasteiger partial charge is 0.305 e. The first-order valence-electron chi connectivity index (χ1n) is 5.38. The van der Waals surface area contributed by atoms with Crippen LogP contribution in [0.2, 0.25) is 0 Å². The molecule has 0 heterocycles. The van der Waals surface area contributed by atoms with Gasteiger partial charge in [0.2, 0.25) is 11.7 Å². The van der Waals surface area contributed by atoms with Crippen LogP contribution in [0.4, 0.5) is 10.1 Å². The predicted molar refractivity (Wildman–Crippen MR) is 61.9 cm³/mol.